The van der Waals surface area contributed by atoms with Gasteiger partial charge in [0.1, 0.15) is 11.6 Å². The molecule has 0 radical (unpaired) electrons. The summed E-state index contributed by atoms with van der Waals surface area (Å²) >= 11 is 0. The Bertz CT molecular complexity index is 378. The molecule has 0 spiro atoms. The molecule has 1 aromatic rings. The molecule has 0 atom stereocenters. The number of nitrogens with zero attached hydrogens (tertiary/aromatic N) is 2. The Labute approximate surface area is 108 Å². The van der Waals surface area contributed by atoms with Crippen LogP contribution < -0.4 is 10.5 Å². The molecule has 0 bridgehead atoms. The fraction of sp³-hybridized carbons (Fsp3) is 0.615. The molecule has 0 aliphatic carbocycles. The van der Waals surface area contributed by atoms with Gasteiger partial charge in [0, 0.05) is 25.2 Å². The molecular formula is C13H21N3O2. The van der Waals surface area contributed by atoms with E-state index >= 15 is 0 Å². The summed E-state index contributed by atoms with van der Waals surface area (Å²) in [7, 11) is 0. The lowest BCUT2D eigenvalue weighted by Gasteiger charge is -2.27. The first-order valence-corrected chi connectivity index (χ1v) is 6.47. The van der Waals surface area contributed by atoms with E-state index < -0.39 is 0 Å². The van der Waals surface area contributed by atoms with Gasteiger partial charge in [0.15, 0.2) is 0 Å². The molecule has 18 heavy (non-hydrogen) atoms. The van der Waals surface area contributed by atoms with Crippen LogP contribution in [-0.4, -0.2) is 42.8 Å². The minimum Gasteiger partial charge on any atom is -0.492 e. The van der Waals surface area contributed by atoms with Crippen LogP contribution in [0.2, 0.25) is 0 Å². The lowest BCUT2D eigenvalue weighted by Crippen LogP contribution is -2.35. The van der Waals surface area contributed by atoms with Crippen LogP contribution >= 0.6 is 0 Å². The van der Waals surface area contributed by atoms with Gasteiger partial charge < -0.3 is 15.2 Å². The molecule has 1 saturated heterocycles. The zero-order valence-corrected chi connectivity index (χ0v) is 10.9. The van der Waals surface area contributed by atoms with E-state index in [4.69, 9.17) is 15.2 Å². The van der Waals surface area contributed by atoms with E-state index in [1.807, 2.05) is 6.07 Å². The van der Waals surface area contributed by atoms with Crippen molar-refractivity contribution < 1.29 is 9.47 Å². The third kappa shape index (κ3) is 3.58. The van der Waals surface area contributed by atoms with Gasteiger partial charge in [-0.25, -0.2) is 4.98 Å². The van der Waals surface area contributed by atoms with Gasteiger partial charge in [0.05, 0.1) is 26.0 Å². The van der Waals surface area contributed by atoms with E-state index in [0.29, 0.717) is 12.4 Å². The summed E-state index contributed by atoms with van der Waals surface area (Å²) in [5, 5.41) is 0. The van der Waals surface area contributed by atoms with E-state index in [1.54, 1.807) is 6.20 Å². The van der Waals surface area contributed by atoms with Gasteiger partial charge in [0.25, 0.3) is 0 Å². The van der Waals surface area contributed by atoms with Crippen LogP contribution in [0.25, 0.3) is 0 Å². The zero-order chi connectivity index (χ0) is 12.8. The van der Waals surface area contributed by atoms with Crippen LogP contribution in [-0.2, 0) is 11.3 Å². The monoisotopic (exact) mass is 251 g/mol. The van der Waals surface area contributed by atoms with Crippen LogP contribution in [0, 0.1) is 0 Å². The first-order valence-electron chi connectivity index (χ1n) is 6.47. The molecule has 5 heteroatoms. The molecule has 2 rings (SSSR count). The number of pyridine rings is 1. The number of hydrogen-bond acceptors (Lipinski definition) is 5. The van der Waals surface area contributed by atoms with Crippen LogP contribution in [0.15, 0.2) is 12.3 Å². The number of rotatable bonds is 5. The molecule has 1 aromatic heterocycles. The van der Waals surface area contributed by atoms with Crippen molar-refractivity contribution in [1.82, 2.24) is 9.88 Å². The van der Waals surface area contributed by atoms with Crippen LogP contribution in [0.5, 0.6) is 5.75 Å². The first-order chi connectivity index (χ1) is 8.79. The molecule has 2 N–H and O–H groups in total. The van der Waals surface area contributed by atoms with Crippen molar-refractivity contribution in [1.29, 1.82) is 0 Å². The van der Waals surface area contributed by atoms with Gasteiger partial charge in [-0.15, -0.1) is 0 Å². The van der Waals surface area contributed by atoms with E-state index in [2.05, 4.69) is 16.8 Å². The zero-order valence-electron chi connectivity index (χ0n) is 10.9. The minimum absolute atomic E-state index is 0.544. The predicted molar refractivity (Wildman–Crippen MR) is 70.5 cm³/mol. The van der Waals surface area contributed by atoms with Crippen molar-refractivity contribution in [2.75, 3.05) is 38.6 Å². The van der Waals surface area contributed by atoms with Gasteiger partial charge in [-0.2, -0.15) is 0 Å². The summed E-state index contributed by atoms with van der Waals surface area (Å²) in [6.07, 6.45) is 2.71. The second-order valence-corrected chi connectivity index (χ2v) is 4.45. The molecule has 5 nitrogen and oxygen atoms in total. The first kappa shape index (κ1) is 13.1. The molecule has 2 heterocycles. The molecule has 0 aromatic carbocycles. The highest BCUT2D eigenvalue weighted by molar-refractivity contribution is 5.40. The van der Waals surface area contributed by atoms with Crippen molar-refractivity contribution in [2.45, 2.75) is 19.9 Å². The smallest absolute Gasteiger partial charge is 0.142 e. The lowest BCUT2D eigenvalue weighted by molar-refractivity contribution is 0.0338. The molecule has 100 valence electrons. The molecule has 0 saturated carbocycles. The highest BCUT2D eigenvalue weighted by atomic mass is 16.5. The Morgan fingerprint density at radius 1 is 1.44 bits per heavy atom. The van der Waals surface area contributed by atoms with Crippen molar-refractivity contribution in [3.63, 3.8) is 0 Å². The van der Waals surface area contributed by atoms with Gasteiger partial charge >= 0.3 is 0 Å². The highest BCUT2D eigenvalue weighted by Gasteiger charge is 2.14. The maximum Gasteiger partial charge on any atom is 0.142 e. The fourth-order valence-electron chi connectivity index (χ4n) is 1.97. The fourth-order valence-corrected chi connectivity index (χ4v) is 1.97. The van der Waals surface area contributed by atoms with Crippen molar-refractivity contribution in [2.24, 2.45) is 0 Å². The maximum absolute atomic E-state index is 5.75. The molecule has 0 unspecified atom stereocenters. The third-order valence-electron chi connectivity index (χ3n) is 2.93. The number of nitrogen functional groups attached to an aromatic ring is 1. The summed E-state index contributed by atoms with van der Waals surface area (Å²) in [4.78, 5) is 6.44. The molecule has 1 aliphatic rings. The Morgan fingerprint density at radius 2 is 2.22 bits per heavy atom. The van der Waals surface area contributed by atoms with E-state index in [9.17, 15) is 0 Å². The van der Waals surface area contributed by atoms with Gasteiger partial charge in [-0.3, -0.25) is 4.90 Å². The molecule has 1 aliphatic heterocycles. The normalized spacial score (nSPS) is 16.7. The van der Waals surface area contributed by atoms with Crippen molar-refractivity contribution >= 4 is 5.82 Å². The minimum atomic E-state index is 0.544. The van der Waals surface area contributed by atoms with E-state index in [-0.39, 0.29) is 0 Å². The largest absolute Gasteiger partial charge is 0.492 e. The Kier molecular flexibility index (Phi) is 4.78. The number of ether oxygens (including phenoxy) is 2. The molecule has 1 fully saturated rings. The number of anilines is 1. The van der Waals surface area contributed by atoms with Crippen molar-refractivity contribution in [3.8, 4) is 5.75 Å². The highest BCUT2D eigenvalue weighted by Crippen LogP contribution is 2.21. The second-order valence-electron chi connectivity index (χ2n) is 4.45. The summed E-state index contributed by atoms with van der Waals surface area (Å²) in [5.74, 6) is 1.39. The number of hydrogen-bond donors (Lipinski definition) is 1. The van der Waals surface area contributed by atoms with Crippen LogP contribution in [0.3, 0.4) is 0 Å². The van der Waals surface area contributed by atoms with Gasteiger partial charge in [-0.05, 0) is 12.5 Å². The number of morpholine rings is 1. The van der Waals surface area contributed by atoms with Crippen molar-refractivity contribution in [3.05, 3.63) is 17.8 Å². The van der Waals surface area contributed by atoms with Gasteiger partial charge in [-0.1, -0.05) is 6.92 Å². The van der Waals surface area contributed by atoms with E-state index in [1.165, 1.54) is 0 Å². The second kappa shape index (κ2) is 6.56. The summed E-state index contributed by atoms with van der Waals surface area (Å²) in [6, 6.07) is 1.90. The number of aromatic nitrogens is 1. The SMILES string of the molecule is CCCOc1cnc(N)cc1CN1CCOCC1. The third-order valence-corrected chi connectivity index (χ3v) is 2.93. The Morgan fingerprint density at radius 3 is 2.94 bits per heavy atom. The van der Waals surface area contributed by atoms with E-state index in [0.717, 1.165) is 50.6 Å². The maximum atomic E-state index is 5.75. The Hall–Kier alpha value is -1.33. The van der Waals surface area contributed by atoms with Crippen LogP contribution in [0.1, 0.15) is 18.9 Å². The average Bonchev–Trinajstić information content (AvgIpc) is 2.39. The lowest BCUT2D eigenvalue weighted by atomic mass is 10.2. The van der Waals surface area contributed by atoms with Crippen LogP contribution in [0.4, 0.5) is 5.82 Å². The van der Waals surface area contributed by atoms with Gasteiger partial charge in [0.2, 0.25) is 0 Å². The summed E-state index contributed by atoms with van der Waals surface area (Å²) in [6.45, 7) is 7.14. The standard InChI is InChI=1S/C13H21N3O2/c1-2-5-18-12-9-15-13(14)8-11(12)10-16-3-6-17-7-4-16/h8-9H,2-7,10H2,1H3,(H2,14,15). The quantitative estimate of drug-likeness (QED) is 0.854. The Balaban J connectivity index is 2.05. The number of nitrogens with two attached hydrogens (primary N) is 1. The average molecular weight is 251 g/mol. The summed E-state index contributed by atoms with van der Waals surface area (Å²) in [5.41, 5.74) is 6.86. The predicted octanol–water partition coefficient (Wildman–Crippen LogP) is 1.28. The topological polar surface area (TPSA) is 60.6 Å². The molecular weight excluding hydrogens is 230 g/mol. The molecule has 0 amide bonds. The summed E-state index contributed by atoms with van der Waals surface area (Å²) < 4.78 is 11.1.